The molecule has 0 spiro atoms. The Morgan fingerprint density at radius 2 is 0.632 bits per heavy atom. The number of nitrogens with zero attached hydrogens (tertiary/aromatic N) is 2. The topological polar surface area (TPSA) is 100 Å². The number of halogens is 12. The summed E-state index contributed by atoms with van der Waals surface area (Å²) in [6.45, 7) is 5.10. The zero-order chi connectivity index (χ0) is 29.5. The Morgan fingerprint density at radius 3 is 0.658 bits per heavy atom. The van der Waals surface area contributed by atoms with Crippen molar-refractivity contribution in [2.75, 3.05) is 0 Å². The van der Waals surface area contributed by atoms with Gasteiger partial charge in [-0.1, -0.05) is 26.0 Å². The van der Waals surface area contributed by atoms with Gasteiger partial charge in [0.25, 0.3) is 0 Å². The largest absolute Gasteiger partial charge is 2.00 e. The predicted octanol–water partition coefficient (Wildman–Crippen LogP) is 5.30. The van der Waals surface area contributed by atoms with Crippen LogP contribution in [0.5, 0.6) is 0 Å². The Labute approximate surface area is 223 Å². The van der Waals surface area contributed by atoms with Crippen LogP contribution in [-0.2, 0) is 26.5 Å². The average Bonchev–Trinajstić information content (AvgIpc) is 2.76. The van der Waals surface area contributed by atoms with Gasteiger partial charge in [0.15, 0.2) is 0 Å². The SMILES string of the molecule is C=C.CC([O-])(C(F)(F)F)C(F)(F)F.CC([O-])(C(F)(F)F)C(F)(F)F.[O-2].[W].c1ccncc1.c1ccncc1. The molecule has 0 N–H and O–H groups in total. The van der Waals surface area contributed by atoms with E-state index in [1.807, 2.05) is 36.4 Å². The number of aromatic nitrogens is 2. The van der Waals surface area contributed by atoms with Crippen LogP contribution in [0.3, 0.4) is 0 Å². The smallest absolute Gasteiger partial charge is 0.388 e. The van der Waals surface area contributed by atoms with Crippen LogP contribution >= 0.6 is 0 Å². The summed E-state index contributed by atoms with van der Waals surface area (Å²) in [4.78, 5) is 7.57. The third-order valence-electron chi connectivity index (χ3n) is 3.30. The molecule has 2 heterocycles. The number of hydrogen-bond donors (Lipinski definition) is 0. The maximum Gasteiger partial charge on any atom is 0.388 e. The zero-order valence-corrected chi connectivity index (χ0v) is 22.2. The summed E-state index contributed by atoms with van der Waals surface area (Å²) < 4.78 is 136. The average molecular weight is 748 g/mol. The van der Waals surface area contributed by atoms with Crippen LogP contribution in [0, 0.1) is 0 Å². The molecule has 2 aromatic heterocycles. The molecule has 0 radical (unpaired) electrons. The fourth-order valence-corrected chi connectivity index (χ4v) is 0.947. The Hall–Kier alpha value is -2.23. The third kappa shape index (κ3) is 17.3. The van der Waals surface area contributed by atoms with Crippen LogP contribution in [0.4, 0.5) is 52.7 Å². The van der Waals surface area contributed by atoms with Crippen LogP contribution in [0.15, 0.2) is 74.3 Å². The molecule has 38 heavy (non-hydrogen) atoms. The molecule has 0 aliphatic rings. The standard InChI is InChI=1S/2C5H5N.2C4H3F6O.C2H4.O.W/c2*1-2-4-6-5-3-1;2*1-2(11,3(5,6)7)4(8,9)10;1-2;;/h2*1-5H;2*1H3;1-2H2;;/q;;2*-1;;-2;. The van der Waals surface area contributed by atoms with E-state index in [4.69, 9.17) is 0 Å². The van der Waals surface area contributed by atoms with E-state index in [2.05, 4.69) is 23.1 Å². The predicted molar refractivity (Wildman–Crippen MR) is 101 cm³/mol. The first-order valence-corrected chi connectivity index (χ1v) is 8.88. The van der Waals surface area contributed by atoms with Crippen molar-refractivity contribution in [2.45, 2.75) is 49.8 Å². The minimum absolute atomic E-state index is 0. The van der Waals surface area contributed by atoms with Crippen LogP contribution in [0.2, 0.25) is 0 Å². The van der Waals surface area contributed by atoms with Crippen molar-refractivity contribution in [1.82, 2.24) is 9.97 Å². The van der Waals surface area contributed by atoms with Gasteiger partial charge in [-0.25, -0.2) is 0 Å². The van der Waals surface area contributed by atoms with Gasteiger partial charge in [-0.3, -0.25) is 9.97 Å². The third-order valence-corrected chi connectivity index (χ3v) is 3.30. The zero-order valence-electron chi connectivity index (χ0n) is 19.3. The second-order valence-electron chi connectivity index (χ2n) is 6.11. The van der Waals surface area contributed by atoms with Gasteiger partial charge < -0.3 is 15.7 Å². The first kappa shape index (κ1) is 45.7. The fraction of sp³-hybridized carbons (Fsp3) is 0.400. The summed E-state index contributed by atoms with van der Waals surface area (Å²) in [7, 11) is 0. The van der Waals surface area contributed by atoms with Gasteiger partial charge in [0.05, 0.1) is 11.2 Å². The van der Waals surface area contributed by atoms with Crippen molar-refractivity contribution < 1.29 is 89.4 Å². The molecule has 0 saturated carbocycles. The molecule has 0 aliphatic heterocycles. The molecule has 0 fully saturated rings. The molecule has 0 bridgehead atoms. The van der Waals surface area contributed by atoms with E-state index in [1.165, 1.54) is 0 Å². The van der Waals surface area contributed by atoms with E-state index in [9.17, 15) is 62.9 Å². The van der Waals surface area contributed by atoms with Gasteiger partial charge in [-0.2, -0.15) is 52.7 Å². The summed E-state index contributed by atoms with van der Waals surface area (Å²) in [6.07, 6.45) is -16.2. The van der Waals surface area contributed by atoms with E-state index < -0.39 is 49.8 Å². The Morgan fingerprint density at radius 1 is 0.474 bits per heavy atom. The molecule has 2 aromatic rings. The maximum absolute atomic E-state index is 11.3. The second kappa shape index (κ2) is 18.9. The fourth-order valence-electron chi connectivity index (χ4n) is 0.947. The molecule has 18 heteroatoms. The normalized spacial score (nSPS) is 11.5. The minimum atomic E-state index is -5.80. The Balaban J connectivity index is -0.000000126. The first-order valence-electron chi connectivity index (χ1n) is 8.88. The van der Waals surface area contributed by atoms with Gasteiger partial charge >= 0.3 is 24.7 Å². The first-order chi connectivity index (χ1) is 16.0. The van der Waals surface area contributed by atoms with Gasteiger partial charge in [-0.15, -0.1) is 13.2 Å². The van der Waals surface area contributed by atoms with Crippen molar-refractivity contribution >= 4 is 0 Å². The molecule has 0 aromatic carbocycles. The summed E-state index contributed by atoms with van der Waals surface area (Å²) in [5.41, 5.74) is -9.75. The van der Waals surface area contributed by atoms with Crippen molar-refractivity contribution in [3.8, 4) is 0 Å². The molecular formula is C20H20F12N2O3W-4. The van der Waals surface area contributed by atoms with E-state index in [0.717, 1.165) is 0 Å². The van der Waals surface area contributed by atoms with Crippen molar-refractivity contribution in [3.05, 3.63) is 74.3 Å². The van der Waals surface area contributed by atoms with E-state index in [-0.39, 0.29) is 26.5 Å². The van der Waals surface area contributed by atoms with E-state index in [1.54, 1.807) is 24.8 Å². The summed E-state index contributed by atoms with van der Waals surface area (Å²) >= 11 is 0. The molecule has 5 nitrogen and oxygen atoms in total. The Kier molecular flexibility index (Phi) is 22.7. The van der Waals surface area contributed by atoms with Crippen LogP contribution in [0.25, 0.3) is 0 Å². The van der Waals surface area contributed by atoms with Crippen molar-refractivity contribution in [2.24, 2.45) is 0 Å². The number of pyridine rings is 2. The monoisotopic (exact) mass is 748 g/mol. The van der Waals surface area contributed by atoms with E-state index in [0.29, 0.717) is 0 Å². The molecule has 2 rings (SSSR count). The summed E-state index contributed by atoms with van der Waals surface area (Å²) in [5.74, 6) is 0. The number of rotatable bonds is 0. The summed E-state index contributed by atoms with van der Waals surface area (Å²) in [5, 5.41) is 19.8. The molecule has 0 saturated heterocycles. The Bertz CT molecular complexity index is 646. The molecule has 0 aliphatic carbocycles. The minimum Gasteiger partial charge on any atom is -2.00 e. The van der Waals surface area contributed by atoms with Gasteiger partial charge in [0.1, 0.15) is 0 Å². The van der Waals surface area contributed by atoms with Crippen molar-refractivity contribution in [3.63, 3.8) is 0 Å². The second-order valence-corrected chi connectivity index (χ2v) is 6.11. The van der Waals surface area contributed by atoms with Crippen LogP contribution in [0.1, 0.15) is 13.8 Å². The van der Waals surface area contributed by atoms with Crippen molar-refractivity contribution in [1.29, 1.82) is 0 Å². The van der Waals surface area contributed by atoms with Crippen LogP contribution in [-0.4, -0.2) is 45.9 Å². The molecule has 0 amide bonds. The van der Waals surface area contributed by atoms with Gasteiger partial charge in [0.2, 0.25) is 0 Å². The van der Waals surface area contributed by atoms with Gasteiger partial charge in [0, 0.05) is 45.9 Å². The number of alkyl halides is 12. The quantitative estimate of drug-likeness (QED) is 0.270. The van der Waals surface area contributed by atoms with Gasteiger partial charge in [-0.05, 0) is 24.3 Å². The molecule has 0 atom stereocenters. The number of hydrogen-bond acceptors (Lipinski definition) is 4. The molecule has 0 unspecified atom stereocenters. The van der Waals surface area contributed by atoms with Crippen LogP contribution < -0.4 is 10.2 Å². The summed E-state index contributed by atoms with van der Waals surface area (Å²) in [6, 6.07) is 11.4. The maximum atomic E-state index is 11.3. The molecule has 222 valence electrons. The molecular weight excluding hydrogens is 728 g/mol. The van der Waals surface area contributed by atoms with E-state index >= 15 is 0 Å².